The van der Waals surface area contributed by atoms with Crippen LogP contribution < -0.4 is 5.73 Å². The van der Waals surface area contributed by atoms with E-state index in [1.54, 1.807) is 11.8 Å². The average molecular weight is 233 g/mol. The Bertz CT molecular complexity index is 491. The molecule has 3 nitrogen and oxygen atoms in total. The van der Waals surface area contributed by atoms with Crippen molar-refractivity contribution in [3.8, 4) is 0 Å². The normalized spacial score (nSPS) is 10.6. The van der Waals surface area contributed by atoms with Gasteiger partial charge in [0.05, 0.1) is 5.69 Å². The lowest BCUT2D eigenvalue weighted by molar-refractivity contribution is 0.755. The van der Waals surface area contributed by atoms with E-state index in [1.807, 2.05) is 37.0 Å². The summed E-state index contributed by atoms with van der Waals surface area (Å²) in [5.41, 5.74) is 8.85. The molecule has 0 saturated heterocycles. The number of aryl methyl sites for hydroxylation is 2. The van der Waals surface area contributed by atoms with Crippen molar-refractivity contribution in [2.45, 2.75) is 17.6 Å². The number of thioether (sulfide) groups is 1. The monoisotopic (exact) mass is 233 g/mol. The Hall–Kier alpha value is -1.42. The molecule has 0 aliphatic rings. The van der Waals surface area contributed by atoms with Gasteiger partial charge in [0.1, 0.15) is 0 Å². The maximum Gasteiger partial charge on any atom is 0.0727 e. The van der Waals surface area contributed by atoms with Crippen molar-refractivity contribution in [3.05, 3.63) is 41.7 Å². The zero-order valence-electron chi connectivity index (χ0n) is 9.47. The third-order valence-corrected chi connectivity index (χ3v) is 3.42. The number of benzene rings is 1. The molecule has 0 unspecified atom stereocenters. The second-order valence-corrected chi connectivity index (χ2v) is 4.84. The average Bonchev–Trinajstić information content (AvgIpc) is 2.66. The molecule has 16 heavy (non-hydrogen) atoms. The first-order valence-electron chi connectivity index (χ1n) is 5.12. The number of hydrogen-bond donors (Lipinski definition) is 1. The fourth-order valence-electron chi connectivity index (χ4n) is 1.44. The predicted molar refractivity (Wildman–Crippen MR) is 68.4 cm³/mol. The molecule has 0 saturated carbocycles. The topological polar surface area (TPSA) is 43.8 Å². The van der Waals surface area contributed by atoms with Crippen molar-refractivity contribution in [2.75, 3.05) is 5.73 Å². The molecule has 0 atom stereocenters. The summed E-state index contributed by atoms with van der Waals surface area (Å²) in [6, 6.07) is 8.16. The molecular formula is C12H15N3S. The Morgan fingerprint density at radius 3 is 2.81 bits per heavy atom. The van der Waals surface area contributed by atoms with Crippen LogP contribution in [-0.2, 0) is 12.8 Å². The number of aromatic nitrogens is 2. The van der Waals surface area contributed by atoms with Crippen LogP contribution >= 0.6 is 11.8 Å². The van der Waals surface area contributed by atoms with Crippen LogP contribution in [0.2, 0.25) is 0 Å². The van der Waals surface area contributed by atoms with E-state index in [2.05, 4.69) is 17.2 Å². The summed E-state index contributed by atoms with van der Waals surface area (Å²) in [5.74, 6) is 0.893. The smallest absolute Gasteiger partial charge is 0.0727 e. The van der Waals surface area contributed by atoms with Crippen molar-refractivity contribution < 1.29 is 0 Å². The van der Waals surface area contributed by atoms with Crippen molar-refractivity contribution >= 4 is 17.4 Å². The molecule has 2 rings (SSSR count). The van der Waals surface area contributed by atoms with Gasteiger partial charge in [-0.15, -0.1) is 11.8 Å². The minimum Gasteiger partial charge on any atom is -0.399 e. The molecule has 0 amide bonds. The molecule has 1 heterocycles. The molecule has 0 spiro atoms. The highest BCUT2D eigenvalue weighted by Gasteiger charge is 2.00. The maximum absolute atomic E-state index is 5.77. The van der Waals surface area contributed by atoms with Crippen LogP contribution in [0.25, 0.3) is 0 Å². The van der Waals surface area contributed by atoms with Gasteiger partial charge in [-0.1, -0.05) is 0 Å². The first-order valence-corrected chi connectivity index (χ1v) is 6.11. The van der Waals surface area contributed by atoms with Crippen molar-refractivity contribution in [2.24, 2.45) is 7.05 Å². The molecule has 2 aromatic rings. The number of nitrogens with two attached hydrogens (primary N) is 1. The fraction of sp³-hybridized carbons (Fsp3) is 0.250. The summed E-state index contributed by atoms with van der Waals surface area (Å²) in [6.45, 7) is 2.03. The van der Waals surface area contributed by atoms with Gasteiger partial charge in [0.15, 0.2) is 0 Å². The zero-order valence-corrected chi connectivity index (χ0v) is 10.3. The third-order valence-electron chi connectivity index (χ3n) is 2.40. The summed E-state index contributed by atoms with van der Waals surface area (Å²) in [4.78, 5) is 1.23. The minimum absolute atomic E-state index is 0.849. The number of rotatable bonds is 3. The van der Waals surface area contributed by atoms with Gasteiger partial charge in [-0.3, -0.25) is 4.68 Å². The van der Waals surface area contributed by atoms with Gasteiger partial charge in [0.2, 0.25) is 0 Å². The van der Waals surface area contributed by atoms with E-state index >= 15 is 0 Å². The van der Waals surface area contributed by atoms with Gasteiger partial charge in [-0.2, -0.15) is 5.10 Å². The molecule has 0 aliphatic heterocycles. The van der Waals surface area contributed by atoms with E-state index in [-0.39, 0.29) is 0 Å². The molecule has 2 N–H and O–H groups in total. The second kappa shape index (κ2) is 4.61. The molecule has 0 fully saturated rings. The molecule has 84 valence electrons. The number of hydrogen-bond acceptors (Lipinski definition) is 3. The summed E-state index contributed by atoms with van der Waals surface area (Å²) in [6.07, 6.45) is 1.96. The van der Waals surface area contributed by atoms with E-state index in [1.165, 1.54) is 4.90 Å². The zero-order chi connectivity index (χ0) is 11.5. The van der Waals surface area contributed by atoms with Gasteiger partial charge in [-0.25, -0.2) is 0 Å². The van der Waals surface area contributed by atoms with Crippen molar-refractivity contribution in [1.82, 2.24) is 9.78 Å². The standard InChI is InChI=1S/C12H15N3S/c1-9-7-11(3-4-12(9)13)16-8-10-5-6-15(2)14-10/h3-7H,8,13H2,1-2H3. The lowest BCUT2D eigenvalue weighted by Crippen LogP contribution is -1.90. The number of nitrogens with zero attached hydrogens (tertiary/aromatic N) is 2. The Morgan fingerprint density at radius 2 is 2.19 bits per heavy atom. The van der Waals surface area contributed by atoms with E-state index in [4.69, 9.17) is 5.73 Å². The summed E-state index contributed by atoms with van der Waals surface area (Å²) in [7, 11) is 1.93. The Balaban J connectivity index is 2.02. The molecular weight excluding hydrogens is 218 g/mol. The van der Waals surface area contributed by atoms with Crippen molar-refractivity contribution in [3.63, 3.8) is 0 Å². The van der Waals surface area contributed by atoms with E-state index < -0.39 is 0 Å². The van der Waals surface area contributed by atoms with Crippen molar-refractivity contribution in [1.29, 1.82) is 0 Å². The molecule has 0 bridgehead atoms. The van der Waals surface area contributed by atoms with Crippen LogP contribution in [-0.4, -0.2) is 9.78 Å². The van der Waals surface area contributed by atoms with E-state index in [0.717, 1.165) is 22.7 Å². The molecule has 1 aromatic heterocycles. The maximum atomic E-state index is 5.77. The largest absolute Gasteiger partial charge is 0.399 e. The summed E-state index contributed by atoms with van der Waals surface area (Å²) < 4.78 is 1.82. The number of anilines is 1. The highest BCUT2D eigenvalue weighted by Crippen LogP contribution is 2.25. The van der Waals surface area contributed by atoms with Gasteiger partial charge >= 0.3 is 0 Å². The Kier molecular flexibility index (Phi) is 3.19. The Labute approximate surface area is 99.7 Å². The lowest BCUT2D eigenvalue weighted by atomic mass is 10.2. The third kappa shape index (κ3) is 2.58. The van der Waals surface area contributed by atoms with E-state index in [9.17, 15) is 0 Å². The highest BCUT2D eigenvalue weighted by atomic mass is 32.2. The van der Waals surface area contributed by atoms with Gasteiger partial charge < -0.3 is 5.73 Å². The van der Waals surface area contributed by atoms with Crippen LogP contribution in [0.4, 0.5) is 5.69 Å². The first-order chi connectivity index (χ1) is 7.65. The minimum atomic E-state index is 0.849. The van der Waals surface area contributed by atoms with Crippen LogP contribution in [0.15, 0.2) is 35.4 Å². The SMILES string of the molecule is Cc1cc(SCc2ccn(C)n2)ccc1N. The summed E-state index contributed by atoms with van der Waals surface area (Å²) in [5, 5.41) is 4.34. The second-order valence-electron chi connectivity index (χ2n) is 3.79. The molecule has 1 aromatic carbocycles. The number of nitrogen functional groups attached to an aromatic ring is 1. The van der Waals surface area contributed by atoms with Gasteiger partial charge in [0.25, 0.3) is 0 Å². The predicted octanol–water partition coefficient (Wildman–Crippen LogP) is 2.60. The lowest BCUT2D eigenvalue weighted by Gasteiger charge is -2.03. The van der Waals surface area contributed by atoms with Crippen LogP contribution in [0.5, 0.6) is 0 Å². The van der Waals surface area contributed by atoms with E-state index in [0.29, 0.717) is 0 Å². The highest BCUT2D eigenvalue weighted by molar-refractivity contribution is 7.98. The summed E-state index contributed by atoms with van der Waals surface area (Å²) >= 11 is 1.78. The van der Waals surface area contributed by atoms with Gasteiger partial charge in [-0.05, 0) is 36.8 Å². The molecule has 0 aliphatic carbocycles. The molecule has 4 heteroatoms. The van der Waals surface area contributed by atoms with Gasteiger partial charge in [0, 0.05) is 29.6 Å². The Morgan fingerprint density at radius 1 is 1.38 bits per heavy atom. The van der Waals surface area contributed by atoms with Crippen LogP contribution in [0.1, 0.15) is 11.3 Å². The quantitative estimate of drug-likeness (QED) is 0.654. The first kappa shape index (κ1) is 11.1. The molecule has 0 radical (unpaired) electrons. The fourth-order valence-corrected chi connectivity index (χ4v) is 2.33. The van der Waals surface area contributed by atoms with Crippen LogP contribution in [0, 0.1) is 6.92 Å². The van der Waals surface area contributed by atoms with Crippen LogP contribution in [0.3, 0.4) is 0 Å².